The van der Waals surface area contributed by atoms with Gasteiger partial charge in [0.1, 0.15) is 5.75 Å². The normalized spacial score (nSPS) is 13.5. The first-order valence-corrected chi connectivity index (χ1v) is 15.5. The van der Waals surface area contributed by atoms with E-state index in [4.69, 9.17) is 4.74 Å². The average molecular weight is 603 g/mol. The molecule has 12 heteroatoms. The van der Waals surface area contributed by atoms with Gasteiger partial charge in [-0.2, -0.15) is 0 Å². The van der Waals surface area contributed by atoms with Crippen LogP contribution in [0.2, 0.25) is 0 Å². The number of thiophene rings is 1. The molecule has 4 amide bonds. The maximum atomic E-state index is 15.1. The van der Waals surface area contributed by atoms with Crippen LogP contribution in [-0.4, -0.2) is 49.7 Å². The average Bonchev–Trinajstić information content (AvgIpc) is 3.59. The molecule has 0 radical (unpaired) electrons. The Hall–Kier alpha value is -4.81. The van der Waals surface area contributed by atoms with Crippen molar-refractivity contribution in [3.63, 3.8) is 0 Å². The molecule has 1 fully saturated rings. The third-order valence-electron chi connectivity index (χ3n) is 6.67. The van der Waals surface area contributed by atoms with Crippen molar-refractivity contribution in [1.29, 1.82) is 0 Å². The number of sulfone groups is 1. The summed E-state index contributed by atoms with van der Waals surface area (Å²) in [7, 11) is -3.31. The number of nitrogens with one attached hydrogen (secondary N) is 1. The maximum Gasteiger partial charge on any atom is 0.332 e. The molecule has 0 bridgehead atoms. The fraction of sp³-hybridized carbons (Fsp3) is 0.100. The first-order valence-electron chi connectivity index (χ1n) is 12.8. The number of nitrogens with zero attached hydrogens (tertiary/aromatic N) is 3. The number of carbonyl (C=O) groups excluding carboxylic acids is 2. The highest BCUT2D eigenvalue weighted by Crippen LogP contribution is 2.40. The number of carbonyl (C=O) groups is 2. The fourth-order valence-corrected chi connectivity index (χ4v) is 6.25. The van der Waals surface area contributed by atoms with Gasteiger partial charge >= 0.3 is 12.1 Å². The Morgan fingerprint density at radius 1 is 0.976 bits per heavy atom. The zero-order chi connectivity index (χ0) is 29.4. The number of rotatable bonds is 6. The number of aromatic nitrogens is 1. The molecular formula is C30H23FN4O5S2. The van der Waals surface area contributed by atoms with E-state index in [0.29, 0.717) is 28.2 Å². The highest BCUT2D eigenvalue weighted by molar-refractivity contribution is 7.90. The van der Waals surface area contributed by atoms with Gasteiger partial charge in [0.05, 0.1) is 21.7 Å². The van der Waals surface area contributed by atoms with Crippen LogP contribution in [0.5, 0.6) is 11.5 Å². The Bertz CT molecular complexity index is 1930. The van der Waals surface area contributed by atoms with Crippen molar-refractivity contribution in [3.8, 4) is 21.9 Å². The van der Waals surface area contributed by atoms with Crippen LogP contribution in [0, 0.1) is 5.82 Å². The quantitative estimate of drug-likeness (QED) is 0.230. The molecular weight excluding hydrogens is 579 g/mol. The molecule has 2 aromatic heterocycles. The van der Waals surface area contributed by atoms with Gasteiger partial charge in [0.15, 0.2) is 21.4 Å². The van der Waals surface area contributed by atoms with E-state index in [2.05, 4.69) is 10.3 Å². The number of hydrogen-bond acceptors (Lipinski definition) is 7. The molecule has 0 aliphatic carbocycles. The third-order valence-corrected chi connectivity index (χ3v) is 8.98. The van der Waals surface area contributed by atoms with Crippen molar-refractivity contribution in [2.75, 3.05) is 29.6 Å². The second kappa shape index (κ2) is 10.9. The molecule has 0 atom stereocenters. The third kappa shape index (κ3) is 5.41. The minimum atomic E-state index is -3.31. The predicted molar refractivity (Wildman–Crippen MR) is 160 cm³/mol. The number of fused-ring (bicyclic) bond motifs is 1. The monoisotopic (exact) mass is 602 g/mol. The van der Waals surface area contributed by atoms with Gasteiger partial charge in [-0.25, -0.2) is 27.3 Å². The van der Waals surface area contributed by atoms with Gasteiger partial charge in [0.2, 0.25) is 0 Å². The molecule has 0 unspecified atom stereocenters. The van der Waals surface area contributed by atoms with Crippen LogP contribution < -0.4 is 15.0 Å². The topological polar surface area (TPSA) is 109 Å². The minimum Gasteiger partial charge on any atom is -0.453 e. The number of para-hydroxylation sites is 1. The summed E-state index contributed by atoms with van der Waals surface area (Å²) in [5, 5.41) is 2.58. The van der Waals surface area contributed by atoms with Crippen molar-refractivity contribution < 1.29 is 27.1 Å². The van der Waals surface area contributed by atoms with E-state index in [-0.39, 0.29) is 22.9 Å². The van der Waals surface area contributed by atoms with E-state index >= 15 is 4.39 Å². The van der Waals surface area contributed by atoms with Gasteiger partial charge in [-0.15, -0.1) is 11.3 Å². The number of halogens is 1. The van der Waals surface area contributed by atoms with Gasteiger partial charge in [-0.1, -0.05) is 30.3 Å². The van der Waals surface area contributed by atoms with E-state index < -0.39 is 27.7 Å². The van der Waals surface area contributed by atoms with Gasteiger partial charge in [-0.05, 0) is 48.0 Å². The zero-order valence-electron chi connectivity index (χ0n) is 22.2. The largest absolute Gasteiger partial charge is 0.453 e. The molecule has 3 heterocycles. The van der Waals surface area contributed by atoms with Gasteiger partial charge in [0.25, 0.3) is 0 Å². The summed E-state index contributed by atoms with van der Waals surface area (Å²) in [5.74, 6) is -0.367. The second-order valence-corrected chi connectivity index (χ2v) is 12.6. The van der Waals surface area contributed by atoms with Crippen LogP contribution >= 0.6 is 11.3 Å². The van der Waals surface area contributed by atoms with Gasteiger partial charge in [-0.3, -0.25) is 9.88 Å². The lowest BCUT2D eigenvalue weighted by Crippen LogP contribution is -2.39. The number of ether oxygens (including phenoxy) is 1. The predicted octanol–water partition coefficient (Wildman–Crippen LogP) is 6.77. The van der Waals surface area contributed by atoms with E-state index in [1.807, 2.05) is 24.3 Å². The standard InChI is InChI=1S/C30H23FN4O5S2/c1-42(38,39)22-10-7-19(8-11-22)27-18-24-28(41-27)26(13-14-32-24)40-25-12-9-20(17-23(25)31)33-29(36)35-16-15-34(30(35)37)21-5-3-2-4-6-21/h2-14,17-18H,15-16H2,1H3,(H,33,36). The lowest BCUT2D eigenvalue weighted by atomic mass is 10.2. The van der Waals surface area contributed by atoms with Crippen molar-refractivity contribution in [2.45, 2.75) is 4.90 Å². The Morgan fingerprint density at radius 2 is 1.74 bits per heavy atom. The molecule has 6 rings (SSSR count). The Labute approximate surface area is 244 Å². The zero-order valence-corrected chi connectivity index (χ0v) is 23.8. The number of benzene rings is 3. The summed E-state index contributed by atoms with van der Waals surface area (Å²) < 4.78 is 45.3. The van der Waals surface area contributed by atoms with Crippen molar-refractivity contribution in [2.24, 2.45) is 0 Å². The molecule has 212 valence electrons. The summed E-state index contributed by atoms with van der Waals surface area (Å²) in [5.41, 5.74) is 2.32. The van der Waals surface area contributed by atoms with Crippen LogP contribution in [0.25, 0.3) is 20.7 Å². The minimum absolute atomic E-state index is 0.0551. The molecule has 9 nitrogen and oxygen atoms in total. The molecule has 1 N–H and O–H groups in total. The molecule has 0 spiro atoms. The van der Waals surface area contributed by atoms with Crippen LogP contribution in [-0.2, 0) is 9.84 Å². The number of urea groups is 2. The number of hydrogen-bond donors (Lipinski definition) is 1. The van der Waals surface area contributed by atoms with Crippen LogP contribution in [0.15, 0.2) is 96.0 Å². The highest BCUT2D eigenvalue weighted by Gasteiger charge is 2.34. The van der Waals surface area contributed by atoms with Crippen LogP contribution in [0.3, 0.4) is 0 Å². The summed E-state index contributed by atoms with van der Waals surface area (Å²) in [6.45, 7) is 0.556. The summed E-state index contributed by atoms with van der Waals surface area (Å²) in [4.78, 5) is 33.6. The fourth-order valence-electron chi connectivity index (χ4n) is 4.55. The molecule has 1 saturated heterocycles. The maximum absolute atomic E-state index is 15.1. The molecule has 5 aromatic rings. The summed E-state index contributed by atoms with van der Waals surface area (Å²) >= 11 is 1.38. The van der Waals surface area contributed by atoms with Gasteiger partial charge in [0, 0.05) is 47.4 Å². The van der Waals surface area contributed by atoms with Crippen LogP contribution in [0.1, 0.15) is 0 Å². The van der Waals surface area contributed by atoms with Gasteiger partial charge < -0.3 is 10.1 Å². The lowest BCUT2D eigenvalue weighted by molar-refractivity contribution is 0.209. The number of anilines is 2. The Morgan fingerprint density at radius 3 is 2.45 bits per heavy atom. The first kappa shape index (κ1) is 27.4. The van der Waals surface area contributed by atoms with Crippen LogP contribution in [0.4, 0.5) is 25.4 Å². The molecule has 42 heavy (non-hydrogen) atoms. The Balaban J connectivity index is 1.17. The number of amides is 4. The van der Waals surface area contributed by atoms with Crippen molar-refractivity contribution in [3.05, 3.63) is 96.9 Å². The van der Waals surface area contributed by atoms with E-state index in [1.165, 1.54) is 28.4 Å². The Kier molecular flexibility index (Phi) is 7.09. The number of imide groups is 1. The number of pyridine rings is 1. The van der Waals surface area contributed by atoms with E-state index in [1.54, 1.807) is 48.7 Å². The molecule has 3 aromatic carbocycles. The van der Waals surface area contributed by atoms with E-state index in [0.717, 1.165) is 27.7 Å². The second-order valence-electron chi connectivity index (χ2n) is 9.53. The summed E-state index contributed by atoms with van der Waals surface area (Å²) in [6.07, 6.45) is 2.71. The van der Waals surface area contributed by atoms with Crippen molar-refractivity contribution >= 4 is 54.8 Å². The lowest BCUT2D eigenvalue weighted by Gasteiger charge is -2.18. The molecule has 1 aliphatic rings. The van der Waals surface area contributed by atoms with E-state index in [9.17, 15) is 18.0 Å². The first-order chi connectivity index (χ1) is 20.2. The highest BCUT2D eigenvalue weighted by atomic mass is 32.2. The molecule has 1 aliphatic heterocycles. The van der Waals surface area contributed by atoms with Crippen molar-refractivity contribution in [1.82, 2.24) is 9.88 Å². The summed E-state index contributed by atoms with van der Waals surface area (Å²) in [6, 6.07) is 22.0. The smallest absolute Gasteiger partial charge is 0.332 e. The molecule has 0 saturated carbocycles. The SMILES string of the molecule is CS(=O)(=O)c1ccc(-c2cc3nccc(Oc4ccc(NC(=O)N5CCN(c6ccccc6)C5=O)cc4F)c3s2)cc1.